The summed E-state index contributed by atoms with van der Waals surface area (Å²) in [4.78, 5) is 24.0. The lowest BCUT2D eigenvalue weighted by Gasteiger charge is -2.25. The quantitative estimate of drug-likeness (QED) is 0.295. The number of amides is 1. The molecule has 1 aromatic heterocycles. The molecule has 38 heavy (non-hydrogen) atoms. The zero-order chi connectivity index (χ0) is 27.9. The van der Waals surface area contributed by atoms with Gasteiger partial charge in [-0.25, -0.2) is 4.98 Å². The lowest BCUT2D eigenvalue weighted by Crippen LogP contribution is -2.29. The Morgan fingerprint density at radius 2 is 1.82 bits per heavy atom. The first kappa shape index (κ1) is 28.3. The van der Waals surface area contributed by atoms with E-state index in [1.54, 1.807) is 42.5 Å². The number of carbonyl (C=O) groups is 1. The highest BCUT2D eigenvalue weighted by atomic mass is 19.4. The summed E-state index contributed by atoms with van der Waals surface area (Å²) in [6, 6.07) is 11.7. The number of nitrogens with one attached hydrogen (secondary N) is 3. The van der Waals surface area contributed by atoms with Gasteiger partial charge in [0.2, 0.25) is 11.9 Å². The molecule has 0 aliphatic heterocycles. The molecule has 0 aliphatic rings. The Bertz CT molecular complexity index is 1280. The number of hydrogen-bond acceptors (Lipinski definition) is 8. The fourth-order valence-corrected chi connectivity index (χ4v) is 3.45. The number of para-hydroxylation sites is 2. The van der Waals surface area contributed by atoms with Gasteiger partial charge in [-0.2, -0.15) is 18.2 Å². The van der Waals surface area contributed by atoms with Gasteiger partial charge in [0.15, 0.2) is 0 Å². The molecule has 0 bridgehead atoms. The van der Waals surface area contributed by atoms with Gasteiger partial charge in [0.1, 0.15) is 17.1 Å². The van der Waals surface area contributed by atoms with Gasteiger partial charge in [-0.1, -0.05) is 18.7 Å². The van der Waals surface area contributed by atoms with E-state index >= 15 is 0 Å². The molecule has 0 radical (unpaired) electrons. The summed E-state index contributed by atoms with van der Waals surface area (Å²) in [6.07, 6.45) is -2.89. The molecule has 0 saturated carbocycles. The second kappa shape index (κ2) is 12.3. The van der Waals surface area contributed by atoms with Crippen LogP contribution in [0.5, 0.6) is 5.75 Å². The van der Waals surface area contributed by atoms with Crippen LogP contribution in [-0.2, 0) is 11.0 Å². The lowest BCUT2D eigenvalue weighted by molar-refractivity contribution is -0.137. The normalized spacial score (nSPS) is 11.2. The third-order valence-electron chi connectivity index (χ3n) is 5.44. The van der Waals surface area contributed by atoms with Gasteiger partial charge in [-0.05, 0) is 50.5 Å². The van der Waals surface area contributed by atoms with Crippen LogP contribution < -0.4 is 25.6 Å². The fraction of sp³-hybridized carbons (Fsp3) is 0.269. The maximum absolute atomic E-state index is 13.8. The Morgan fingerprint density at radius 3 is 2.47 bits per heavy atom. The van der Waals surface area contributed by atoms with Gasteiger partial charge in [-0.15, -0.1) is 0 Å². The van der Waals surface area contributed by atoms with Crippen molar-refractivity contribution in [2.75, 3.05) is 62.2 Å². The van der Waals surface area contributed by atoms with Crippen LogP contribution >= 0.6 is 0 Å². The molecule has 3 N–H and O–H groups in total. The number of carbonyl (C=O) groups excluding carboxylic acids is 1. The molecular weight excluding hydrogens is 499 g/mol. The highest BCUT2D eigenvalue weighted by molar-refractivity contribution is 6.01. The first-order valence-electron chi connectivity index (χ1n) is 11.6. The van der Waals surface area contributed by atoms with Gasteiger partial charge in [-0.3, -0.25) is 4.79 Å². The monoisotopic (exact) mass is 529 g/mol. The van der Waals surface area contributed by atoms with Gasteiger partial charge in [0.25, 0.3) is 0 Å². The number of alkyl halides is 3. The largest absolute Gasteiger partial charge is 0.495 e. The van der Waals surface area contributed by atoms with Crippen LogP contribution in [0.3, 0.4) is 0 Å². The number of hydrogen-bond donors (Lipinski definition) is 3. The third-order valence-corrected chi connectivity index (χ3v) is 5.44. The van der Waals surface area contributed by atoms with Crippen molar-refractivity contribution in [3.63, 3.8) is 0 Å². The van der Waals surface area contributed by atoms with Crippen LogP contribution in [0.2, 0.25) is 0 Å². The molecule has 0 atom stereocenters. The molecule has 0 fully saturated rings. The molecule has 1 amide bonds. The van der Waals surface area contributed by atoms with Crippen molar-refractivity contribution in [3.8, 4) is 5.75 Å². The number of anilines is 6. The molecule has 3 aromatic rings. The summed E-state index contributed by atoms with van der Waals surface area (Å²) in [7, 11) is 7.22. The van der Waals surface area contributed by atoms with Crippen LogP contribution in [0.15, 0.2) is 61.3 Å². The molecule has 0 aliphatic carbocycles. The van der Waals surface area contributed by atoms with Crippen LogP contribution in [0.1, 0.15) is 5.56 Å². The predicted molar refractivity (Wildman–Crippen MR) is 144 cm³/mol. The van der Waals surface area contributed by atoms with Crippen molar-refractivity contribution < 1.29 is 22.7 Å². The summed E-state index contributed by atoms with van der Waals surface area (Å²) in [6.45, 7) is 4.88. The van der Waals surface area contributed by atoms with E-state index in [4.69, 9.17) is 4.74 Å². The molecule has 2 aromatic carbocycles. The van der Waals surface area contributed by atoms with Crippen LogP contribution in [-0.4, -0.2) is 62.1 Å². The number of nitrogens with zero attached hydrogens (tertiary/aromatic N) is 4. The summed E-state index contributed by atoms with van der Waals surface area (Å²) >= 11 is 0. The summed E-state index contributed by atoms with van der Waals surface area (Å²) in [5.41, 5.74) is 0.801. The zero-order valence-corrected chi connectivity index (χ0v) is 21.6. The minimum atomic E-state index is -4.71. The topological polar surface area (TPSA) is 94.6 Å². The van der Waals surface area contributed by atoms with E-state index in [-0.39, 0.29) is 11.6 Å². The fourth-order valence-electron chi connectivity index (χ4n) is 3.45. The molecule has 9 nitrogen and oxygen atoms in total. The van der Waals surface area contributed by atoms with Gasteiger partial charge in [0, 0.05) is 32.0 Å². The number of ether oxygens (including phenoxy) is 1. The number of methoxy groups -OCH3 is 1. The van der Waals surface area contributed by atoms with Crippen molar-refractivity contribution in [1.29, 1.82) is 0 Å². The first-order chi connectivity index (χ1) is 18.0. The highest BCUT2D eigenvalue weighted by Gasteiger charge is 2.35. The average molecular weight is 530 g/mol. The van der Waals surface area contributed by atoms with E-state index in [0.29, 0.717) is 35.6 Å². The summed E-state index contributed by atoms with van der Waals surface area (Å²) in [5.74, 6) is -0.502. The Morgan fingerprint density at radius 1 is 1.08 bits per heavy atom. The summed E-state index contributed by atoms with van der Waals surface area (Å²) < 4.78 is 46.7. The maximum Gasteiger partial charge on any atom is 0.421 e. The van der Waals surface area contributed by atoms with Crippen molar-refractivity contribution in [3.05, 3.63) is 66.9 Å². The molecule has 0 unspecified atom stereocenters. The first-order valence-corrected chi connectivity index (χ1v) is 11.6. The molecule has 0 spiro atoms. The van der Waals surface area contributed by atoms with Crippen molar-refractivity contribution in [1.82, 2.24) is 14.9 Å². The molecule has 0 saturated heterocycles. The molecule has 12 heteroatoms. The number of aromatic nitrogens is 2. The minimum absolute atomic E-state index is 0.0646. The van der Waals surface area contributed by atoms with E-state index in [1.807, 2.05) is 30.9 Å². The standard InChI is InChI=1S/C26H30F3N7O2/c1-6-23(37)32-20-15-17(11-12-21(20)36(4)14-13-35(2)3)31-24-18(26(27,28)29)16-30-25(34-24)33-19-9-7-8-10-22(19)38-5/h6-12,15-16H,1,13-14H2,2-5H3,(H,32,37)(H2,30,31,33,34). The molecular formula is C26H30F3N7O2. The number of likely N-dealkylation sites (N-methyl/N-ethyl adjacent to an activating group) is 2. The van der Waals surface area contributed by atoms with Gasteiger partial charge >= 0.3 is 6.18 Å². The van der Waals surface area contributed by atoms with E-state index < -0.39 is 23.5 Å². The van der Waals surface area contributed by atoms with Crippen molar-refractivity contribution in [2.45, 2.75) is 6.18 Å². The predicted octanol–water partition coefficient (Wildman–Crippen LogP) is 5.11. The van der Waals surface area contributed by atoms with Crippen molar-refractivity contribution >= 4 is 40.4 Å². The minimum Gasteiger partial charge on any atom is -0.495 e. The van der Waals surface area contributed by atoms with Gasteiger partial charge in [0.05, 0.1) is 24.2 Å². The Hall–Kier alpha value is -4.32. The van der Waals surface area contributed by atoms with Crippen LogP contribution in [0.25, 0.3) is 0 Å². The Balaban J connectivity index is 1.98. The average Bonchev–Trinajstić information content (AvgIpc) is 2.87. The third kappa shape index (κ3) is 7.35. The molecule has 3 rings (SSSR count). The SMILES string of the molecule is C=CC(=O)Nc1cc(Nc2nc(Nc3ccccc3OC)ncc2C(F)(F)F)ccc1N(C)CCN(C)C. The van der Waals surface area contributed by atoms with E-state index in [1.165, 1.54) is 7.11 Å². The number of rotatable bonds is 11. The van der Waals surface area contributed by atoms with E-state index in [2.05, 4.69) is 32.5 Å². The smallest absolute Gasteiger partial charge is 0.421 e. The zero-order valence-electron chi connectivity index (χ0n) is 21.6. The summed E-state index contributed by atoms with van der Waals surface area (Å²) in [5, 5.41) is 8.35. The number of halogens is 3. The second-order valence-electron chi connectivity index (χ2n) is 8.55. The van der Waals surface area contributed by atoms with E-state index in [0.717, 1.165) is 12.6 Å². The Labute approximate surface area is 219 Å². The number of benzene rings is 2. The van der Waals surface area contributed by atoms with Crippen molar-refractivity contribution in [2.24, 2.45) is 0 Å². The lowest BCUT2D eigenvalue weighted by atomic mass is 10.2. The Kier molecular flexibility index (Phi) is 9.13. The van der Waals surface area contributed by atoms with Crippen LogP contribution in [0.4, 0.5) is 47.7 Å². The van der Waals surface area contributed by atoms with Gasteiger partial charge < -0.3 is 30.5 Å². The highest BCUT2D eigenvalue weighted by Crippen LogP contribution is 2.37. The second-order valence-corrected chi connectivity index (χ2v) is 8.55. The maximum atomic E-state index is 13.8. The van der Waals surface area contributed by atoms with Crippen LogP contribution in [0, 0.1) is 0 Å². The molecule has 202 valence electrons. The molecule has 1 heterocycles. The van der Waals surface area contributed by atoms with E-state index in [9.17, 15) is 18.0 Å².